The predicted octanol–water partition coefficient (Wildman–Crippen LogP) is 3.56. The number of benzene rings is 2. The molecule has 0 saturated carbocycles. The van der Waals surface area contributed by atoms with Crippen molar-refractivity contribution in [1.82, 2.24) is 5.32 Å². The quantitative estimate of drug-likeness (QED) is 0.705. The average Bonchev–Trinajstić information content (AvgIpc) is 2.68. The number of carbonyl (C=O) groups excluding carboxylic acids is 1. The number of rotatable bonds is 7. The second-order valence-corrected chi connectivity index (χ2v) is 5.99. The van der Waals surface area contributed by atoms with Crippen LogP contribution in [0.15, 0.2) is 36.4 Å². The second-order valence-electron chi connectivity index (χ2n) is 5.99. The molecule has 27 heavy (non-hydrogen) atoms. The first-order valence-corrected chi connectivity index (χ1v) is 8.82. The number of hydrogen-bond acceptors (Lipinski definition) is 4. The van der Waals surface area contributed by atoms with E-state index in [2.05, 4.69) is 10.6 Å². The smallest absolute Gasteiger partial charge is 0.259 e. The molecular weight excluding hydrogens is 371 g/mol. The first-order chi connectivity index (χ1) is 12.7. The first-order valence-electron chi connectivity index (χ1n) is 8.82. The van der Waals surface area contributed by atoms with Crippen LogP contribution in [-0.4, -0.2) is 32.3 Å². The van der Waals surface area contributed by atoms with Crippen molar-refractivity contribution in [3.8, 4) is 5.75 Å². The Bertz CT molecular complexity index is 786. The summed E-state index contributed by atoms with van der Waals surface area (Å²) in [6, 6.07) is 10.4. The Morgan fingerprint density at radius 2 is 2.04 bits per heavy atom. The number of carbonyl (C=O) groups is 1. The van der Waals surface area contributed by atoms with E-state index < -0.39 is 5.91 Å². The average molecular weight is 395 g/mol. The van der Waals surface area contributed by atoms with Gasteiger partial charge in [-0.25, -0.2) is 4.39 Å². The van der Waals surface area contributed by atoms with Crippen molar-refractivity contribution in [2.24, 2.45) is 0 Å². The first kappa shape index (κ1) is 21.2. The molecule has 0 aromatic heterocycles. The van der Waals surface area contributed by atoms with E-state index in [1.54, 1.807) is 30.3 Å². The van der Waals surface area contributed by atoms with Crippen molar-refractivity contribution >= 4 is 24.0 Å². The second kappa shape index (κ2) is 10.3. The van der Waals surface area contributed by atoms with Crippen LogP contribution in [0.3, 0.4) is 0 Å². The highest BCUT2D eigenvalue weighted by molar-refractivity contribution is 6.06. The highest BCUT2D eigenvalue weighted by atomic mass is 35.5. The minimum absolute atomic E-state index is 0. The molecule has 1 heterocycles. The van der Waals surface area contributed by atoms with Gasteiger partial charge in [0.1, 0.15) is 18.2 Å². The number of fused-ring (bicyclic) bond motifs is 1. The van der Waals surface area contributed by atoms with Crippen molar-refractivity contribution in [1.29, 1.82) is 0 Å². The lowest BCUT2D eigenvalue weighted by Gasteiger charge is -2.19. The van der Waals surface area contributed by atoms with E-state index in [0.717, 1.165) is 12.1 Å². The Labute approximate surface area is 164 Å². The van der Waals surface area contributed by atoms with Gasteiger partial charge in [-0.1, -0.05) is 18.2 Å². The number of para-hydroxylation sites is 1. The highest BCUT2D eigenvalue weighted by Crippen LogP contribution is 2.26. The summed E-state index contributed by atoms with van der Waals surface area (Å²) in [6.07, 6.45) is 0.613. The van der Waals surface area contributed by atoms with Gasteiger partial charge in [-0.2, -0.15) is 0 Å². The molecule has 2 aromatic rings. The molecule has 146 valence electrons. The van der Waals surface area contributed by atoms with Crippen molar-refractivity contribution in [3.05, 3.63) is 58.9 Å². The summed E-state index contributed by atoms with van der Waals surface area (Å²) < 4.78 is 25.6. The van der Waals surface area contributed by atoms with Crippen LogP contribution in [0.2, 0.25) is 0 Å². The Morgan fingerprint density at radius 1 is 1.22 bits per heavy atom. The molecule has 0 bridgehead atoms. The van der Waals surface area contributed by atoms with E-state index in [9.17, 15) is 9.18 Å². The van der Waals surface area contributed by atoms with Crippen molar-refractivity contribution in [2.75, 3.05) is 31.7 Å². The fourth-order valence-electron chi connectivity index (χ4n) is 2.95. The number of amides is 1. The van der Waals surface area contributed by atoms with Crippen LogP contribution >= 0.6 is 12.4 Å². The zero-order chi connectivity index (χ0) is 18.4. The minimum Gasteiger partial charge on any atom is -0.490 e. The summed E-state index contributed by atoms with van der Waals surface area (Å²) in [6.45, 7) is 4.69. The van der Waals surface area contributed by atoms with E-state index in [-0.39, 0.29) is 23.9 Å². The molecule has 0 aliphatic carbocycles. The number of anilines is 1. The minimum atomic E-state index is -0.398. The van der Waals surface area contributed by atoms with Crippen molar-refractivity contribution < 1.29 is 18.7 Å². The van der Waals surface area contributed by atoms with E-state index in [0.29, 0.717) is 49.7 Å². The van der Waals surface area contributed by atoms with Gasteiger partial charge in [0, 0.05) is 13.2 Å². The van der Waals surface area contributed by atoms with Gasteiger partial charge in [0.2, 0.25) is 0 Å². The molecule has 0 saturated heterocycles. The summed E-state index contributed by atoms with van der Waals surface area (Å²) in [5.74, 6) is -0.302. The summed E-state index contributed by atoms with van der Waals surface area (Å²) in [4.78, 5) is 12.6. The summed E-state index contributed by atoms with van der Waals surface area (Å²) in [5.41, 5.74) is 2.16. The van der Waals surface area contributed by atoms with E-state index in [1.807, 2.05) is 13.0 Å². The van der Waals surface area contributed by atoms with Gasteiger partial charge in [-0.3, -0.25) is 4.79 Å². The Morgan fingerprint density at radius 3 is 2.85 bits per heavy atom. The Hall–Kier alpha value is -2.15. The molecule has 2 N–H and O–H groups in total. The lowest BCUT2D eigenvalue weighted by molar-refractivity contribution is 0.0997. The number of hydrogen-bond donors (Lipinski definition) is 2. The molecule has 0 atom stereocenters. The Balaban J connectivity index is 0.00000261. The molecular formula is C20H24ClFN2O3. The lowest BCUT2D eigenvalue weighted by atomic mass is 9.99. The molecule has 0 unspecified atom stereocenters. The fourth-order valence-corrected chi connectivity index (χ4v) is 2.95. The molecule has 7 heteroatoms. The summed E-state index contributed by atoms with van der Waals surface area (Å²) >= 11 is 0. The number of halogens is 2. The fraction of sp³-hybridized carbons (Fsp3) is 0.350. The maximum absolute atomic E-state index is 14.7. The van der Waals surface area contributed by atoms with Crippen molar-refractivity contribution in [3.63, 3.8) is 0 Å². The predicted molar refractivity (Wildman–Crippen MR) is 105 cm³/mol. The van der Waals surface area contributed by atoms with Crippen LogP contribution < -0.4 is 15.4 Å². The normalized spacial score (nSPS) is 12.7. The van der Waals surface area contributed by atoms with Crippen LogP contribution in [0.25, 0.3) is 0 Å². The van der Waals surface area contributed by atoms with Gasteiger partial charge in [-0.15, -0.1) is 12.4 Å². The SMILES string of the molecule is CCOCCOc1ccccc1C(=O)Nc1ccc2c(c1F)CCNC2.Cl. The van der Waals surface area contributed by atoms with E-state index in [1.165, 1.54) is 0 Å². The van der Waals surface area contributed by atoms with Crippen LogP contribution in [-0.2, 0) is 17.7 Å². The third-order valence-electron chi connectivity index (χ3n) is 4.28. The molecule has 1 aliphatic heterocycles. The Kier molecular flexibility index (Phi) is 8.03. The summed E-state index contributed by atoms with van der Waals surface area (Å²) in [7, 11) is 0. The zero-order valence-electron chi connectivity index (χ0n) is 15.2. The highest BCUT2D eigenvalue weighted by Gasteiger charge is 2.19. The van der Waals surface area contributed by atoms with Crippen LogP contribution in [0.4, 0.5) is 10.1 Å². The summed E-state index contributed by atoms with van der Waals surface area (Å²) in [5, 5.41) is 5.88. The molecule has 0 radical (unpaired) electrons. The van der Waals surface area contributed by atoms with E-state index >= 15 is 0 Å². The van der Waals surface area contributed by atoms with Gasteiger partial charge in [0.05, 0.1) is 17.9 Å². The monoisotopic (exact) mass is 394 g/mol. The third-order valence-corrected chi connectivity index (χ3v) is 4.28. The zero-order valence-corrected chi connectivity index (χ0v) is 16.0. The van der Waals surface area contributed by atoms with Crippen molar-refractivity contribution in [2.45, 2.75) is 19.9 Å². The molecule has 5 nitrogen and oxygen atoms in total. The van der Waals surface area contributed by atoms with Gasteiger partial charge in [-0.05, 0) is 49.2 Å². The van der Waals surface area contributed by atoms with Gasteiger partial charge in [0.25, 0.3) is 5.91 Å². The number of ether oxygens (including phenoxy) is 2. The maximum atomic E-state index is 14.7. The number of nitrogens with one attached hydrogen (secondary N) is 2. The third kappa shape index (κ3) is 5.19. The van der Waals surface area contributed by atoms with Crippen LogP contribution in [0, 0.1) is 5.82 Å². The largest absolute Gasteiger partial charge is 0.490 e. The van der Waals surface area contributed by atoms with Crippen LogP contribution in [0.5, 0.6) is 5.75 Å². The molecule has 2 aromatic carbocycles. The lowest BCUT2D eigenvalue weighted by Crippen LogP contribution is -2.25. The maximum Gasteiger partial charge on any atom is 0.259 e. The van der Waals surface area contributed by atoms with Crippen LogP contribution in [0.1, 0.15) is 28.4 Å². The molecule has 1 aliphatic rings. The standard InChI is InChI=1S/C20H23FN2O3.ClH/c1-2-25-11-12-26-18-6-4-3-5-16(18)20(24)23-17-8-7-14-13-22-10-9-15(14)19(17)21;/h3-8,22H,2,9-13H2,1H3,(H,23,24);1H. The van der Waals surface area contributed by atoms with E-state index in [4.69, 9.17) is 9.47 Å². The van der Waals surface area contributed by atoms with Gasteiger partial charge < -0.3 is 20.1 Å². The molecule has 3 rings (SSSR count). The molecule has 1 amide bonds. The topological polar surface area (TPSA) is 59.6 Å². The van der Waals surface area contributed by atoms with Gasteiger partial charge in [0.15, 0.2) is 0 Å². The molecule has 0 fully saturated rings. The van der Waals surface area contributed by atoms with Gasteiger partial charge >= 0.3 is 0 Å². The molecule has 0 spiro atoms.